The van der Waals surface area contributed by atoms with Gasteiger partial charge in [-0.3, -0.25) is 4.79 Å². The van der Waals surface area contributed by atoms with E-state index < -0.39 is 15.4 Å². The van der Waals surface area contributed by atoms with Crippen molar-refractivity contribution < 1.29 is 17.9 Å². The Labute approximate surface area is 163 Å². The molecule has 0 aliphatic heterocycles. The van der Waals surface area contributed by atoms with Crippen molar-refractivity contribution in [3.63, 3.8) is 0 Å². The van der Waals surface area contributed by atoms with E-state index in [1.165, 1.54) is 0 Å². The van der Waals surface area contributed by atoms with Crippen LogP contribution in [0, 0.1) is 5.41 Å². The molecule has 0 aliphatic rings. The molecule has 0 fully saturated rings. The van der Waals surface area contributed by atoms with E-state index in [1.54, 1.807) is 45.0 Å². The monoisotopic (exact) mass is 412 g/mol. The van der Waals surface area contributed by atoms with Crippen LogP contribution < -0.4 is 14.8 Å². The van der Waals surface area contributed by atoms with Crippen LogP contribution in [0.1, 0.15) is 40.2 Å². The molecule has 148 valence electrons. The maximum atomic E-state index is 12.4. The topological polar surface area (TPSA) is 110 Å². The predicted molar refractivity (Wildman–Crippen MR) is 104 cm³/mol. The zero-order chi connectivity index (χ0) is 20.2. The van der Waals surface area contributed by atoms with E-state index in [1.807, 2.05) is 13.8 Å². The number of nitrogens with zero attached hydrogens (tertiary/aromatic N) is 2. The first-order valence-corrected chi connectivity index (χ1v) is 10.7. The molecule has 1 aromatic carbocycles. The Morgan fingerprint density at radius 3 is 2.37 bits per heavy atom. The second kappa shape index (κ2) is 8.32. The molecule has 0 radical (unpaired) electrons. The summed E-state index contributed by atoms with van der Waals surface area (Å²) >= 11 is 0.804. The second-order valence-electron chi connectivity index (χ2n) is 7.21. The molecule has 8 nitrogen and oxygen atoms in total. The summed E-state index contributed by atoms with van der Waals surface area (Å²) in [5.74, 6) is 0.458. The van der Waals surface area contributed by atoms with Gasteiger partial charge in [-0.15, -0.1) is 10.2 Å². The van der Waals surface area contributed by atoms with Crippen LogP contribution in [0.2, 0.25) is 0 Å². The van der Waals surface area contributed by atoms with E-state index in [2.05, 4.69) is 20.2 Å². The van der Waals surface area contributed by atoms with E-state index in [-0.39, 0.29) is 28.0 Å². The maximum Gasteiger partial charge on any atom is 0.270 e. The molecule has 0 saturated heterocycles. The third kappa shape index (κ3) is 6.26. The summed E-state index contributed by atoms with van der Waals surface area (Å²) in [7, 11) is -3.83. The number of sulfonamides is 1. The van der Waals surface area contributed by atoms with E-state index >= 15 is 0 Å². The number of nitrogens with one attached hydrogen (secondary N) is 2. The fourth-order valence-corrected chi connectivity index (χ4v) is 3.80. The lowest BCUT2D eigenvalue weighted by atomic mass is 9.96. The number of aromatic nitrogens is 2. The third-order valence-corrected chi connectivity index (χ3v) is 5.91. The molecule has 0 saturated carbocycles. The fourth-order valence-electron chi connectivity index (χ4n) is 1.85. The van der Waals surface area contributed by atoms with Gasteiger partial charge in [0.15, 0.2) is 0 Å². The van der Waals surface area contributed by atoms with Crippen molar-refractivity contribution >= 4 is 32.4 Å². The minimum absolute atomic E-state index is 0.0692. The summed E-state index contributed by atoms with van der Waals surface area (Å²) in [5.41, 5.74) is 0.162. The van der Waals surface area contributed by atoms with Crippen LogP contribution in [0.25, 0.3) is 0 Å². The molecular weight excluding hydrogens is 388 g/mol. The smallest absolute Gasteiger partial charge is 0.270 e. The van der Waals surface area contributed by atoms with Crippen LogP contribution in [0.5, 0.6) is 5.75 Å². The number of hydrogen-bond acceptors (Lipinski definition) is 7. The Morgan fingerprint density at radius 1 is 1.19 bits per heavy atom. The molecule has 2 N–H and O–H groups in total. The van der Waals surface area contributed by atoms with Gasteiger partial charge in [0.25, 0.3) is 10.0 Å². The number of carbonyl (C=O) groups excluding carboxylic acids is 1. The summed E-state index contributed by atoms with van der Waals surface area (Å²) in [5, 5.41) is 10.1. The molecule has 1 heterocycles. The average molecular weight is 413 g/mol. The van der Waals surface area contributed by atoms with Crippen LogP contribution in [-0.4, -0.2) is 30.6 Å². The van der Waals surface area contributed by atoms with Crippen LogP contribution in [0.4, 0.5) is 5.13 Å². The normalized spacial score (nSPS) is 12.2. The summed E-state index contributed by atoms with van der Waals surface area (Å²) in [4.78, 5) is 12.0. The minimum atomic E-state index is -3.83. The molecule has 10 heteroatoms. The Balaban J connectivity index is 1.99. The number of rotatable bonds is 7. The van der Waals surface area contributed by atoms with E-state index in [0.29, 0.717) is 0 Å². The van der Waals surface area contributed by atoms with E-state index in [0.717, 1.165) is 22.6 Å². The number of ether oxygens (including phenoxy) is 1. The van der Waals surface area contributed by atoms with Crippen molar-refractivity contribution in [2.24, 2.45) is 5.41 Å². The highest BCUT2D eigenvalue weighted by Crippen LogP contribution is 2.23. The summed E-state index contributed by atoms with van der Waals surface area (Å²) in [6.07, 6.45) is 0.0692. The quantitative estimate of drug-likeness (QED) is 0.677. The molecule has 0 unspecified atom stereocenters. The lowest BCUT2D eigenvalue weighted by Gasteiger charge is -2.15. The summed E-state index contributed by atoms with van der Waals surface area (Å²) < 4.78 is 32.6. The highest BCUT2D eigenvalue weighted by atomic mass is 32.2. The first kappa shape index (κ1) is 21.3. The lowest BCUT2D eigenvalue weighted by molar-refractivity contribution is -0.123. The average Bonchev–Trinajstić information content (AvgIpc) is 3.02. The number of hydrogen-bond donors (Lipinski definition) is 2. The van der Waals surface area contributed by atoms with Gasteiger partial charge in [-0.25, -0.2) is 13.1 Å². The molecule has 27 heavy (non-hydrogen) atoms. The number of amides is 1. The van der Waals surface area contributed by atoms with E-state index in [4.69, 9.17) is 4.74 Å². The van der Waals surface area contributed by atoms with Gasteiger partial charge >= 0.3 is 0 Å². The van der Waals surface area contributed by atoms with Crippen molar-refractivity contribution in [1.82, 2.24) is 14.9 Å². The molecule has 0 aliphatic carbocycles. The SMILES string of the molecule is CC(C)Oc1ccc(CNS(=O)(=O)c2nnc(NC(=O)C(C)(C)C)s2)cc1. The van der Waals surface area contributed by atoms with Crippen molar-refractivity contribution in [3.8, 4) is 5.75 Å². The zero-order valence-electron chi connectivity index (χ0n) is 15.9. The van der Waals surface area contributed by atoms with Crippen LogP contribution in [0.3, 0.4) is 0 Å². The molecule has 1 aromatic heterocycles. The van der Waals surface area contributed by atoms with Crippen LogP contribution >= 0.6 is 11.3 Å². The Kier molecular flexibility index (Phi) is 6.55. The number of anilines is 1. The van der Waals surface area contributed by atoms with Gasteiger partial charge in [-0.1, -0.05) is 44.2 Å². The van der Waals surface area contributed by atoms with E-state index in [9.17, 15) is 13.2 Å². The van der Waals surface area contributed by atoms with Gasteiger partial charge in [-0.2, -0.15) is 0 Å². The highest BCUT2D eigenvalue weighted by Gasteiger charge is 2.25. The first-order valence-electron chi connectivity index (χ1n) is 8.37. The van der Waals surface area contributed by atoms with Crippen molar-refractivity contribution in [2.45, 2.75) is 51.6 Å². The maximum absolute atomic E-state index is 12.4. The molecule has 1 amide bonds. The van der Waals surface area contributed by atoms with Crippen molar-refractivity contribution in [1.29, 1.82) is 0 Å². The number of carbonyl (C=O) groups is 1. The van der Waals surface area contributed by atoms with Gasteiger partial charge < -0.3 is 10.1 Å². The molecular formula is C17H24N4O4S2. The van der Waals surface area contributed by atoms with Gasteiger partial charge in [0.2, 0.25) is 15.4 Å². The summed E-state index contributed by atoms with van der Waals surface area (Å²) in [6, 6.07) is 7.15. The Morgan fingerprint density at radius 2 is 1.81 bits per heavy atom. The minimum Gasteiger partial charge on any atom is -0.491 e. The lowest BCUT2D eigenvalue weighted by Crippen LogP contribution is -2.27. The molecule has 0 spiro atoms. The fraction of sp³-hybridized carbons (Fsp3) is 0.471. The van der Waals surface area contributed by atoms with Crippen LogP contribution in [0.15, 0.2) is 28.6 Å². The summed E-state index contributed by atoms with van der Waals surface area (Å²) in [6.45, 7) is 9.22. The Bertz CT molecular complexity index is 884. The van der Waals surface area contributed by atoms with Crippen molar-refractivity contribution in [3.05, 3.63) is 29.8 Å². The molecule has 0 atom stereocenters. The molecule has 0 bridgehead atoms. The standard InChI is InChI=1S/C17H24N4O4S2/c1-11(2)25-13-8-6-12(7-9-13)10-18-27(23,24)16-21-20-15(26-16)19-14(22)17(3,4)5/h6-9,11,18H,10H2,1-5H3,(H,19,20,22). The number of benzene rings is 1. The highest BCUT2D eigenvalue weighted by molar-refractivity contribution is 7.91. The van der Waals surface area contributed by atoms with Gasteiger partial charge in [-0.05, 0) is 31.5 Å². The second-order valence-corrected chi connectivity index (χ2v) is 10.1. The van der Waals surface area contributed by atoms with Gasteiger partial charge in [0, 0.05) is 12.0 Å². The predicted octanol–water partition coefficient (Wildman–Crippen LogP) is 2.79. The van der Waals surface area contributed by atoms with Gasteiger partial charge in [0.1, 0.15) is 5.75 Å². The first-order chi connectivity index (χ1) is 12.5. The van der Waals surface area contributed by atoms with Crippen LogP contribution in [-0.2, 0) is 21.4 Å². The Hall–Kier alpha value is -2.04. The molecule has 2 aromatic rings. The third-order valence-electron chi connectivity index (χ3n) is 3.30. The largest absolute Gasteiger partial charge is 0.491 e. The molecule has 2 rings (SSSR count). The van der Waals surface area contributed by atoms with Crippen molar-refractivity contribution in [2.75, 3.05) is 5.32 Å². The van der Waals surface area contributed by atoms with Gasteiger partial charge in [0.05, 0.1) is 6.10 Å². The zero-order valence-corrected chi connectivity index (χ0v) is 17.6.